The maximum absolute atomic E-state index is 12.1. The molecule has 0 bridgehead atoms. The lowest BCUT2D eigenvalue weighted by Gasteiger charge is -2.28. The Morgan fingerprint density at radius 2 is 2.19 bits per heavy atom. The fourth-order valence-corrected chi connectivity index (χ4v) is 1.80. The zero-order chi connectivity index (χ0) is 12.1. The number of ether oxygens (including phenoxy) is 1. The fraction of sp³-hybridized carbons (Fsp3) is 0.818. The van der Waals surface area contributed by atoms with Crippen molar-refractivity contribution in [1.29, 1.82) is 0 Å². The van der Waals surface area contributed by atoms with Crippen LogP contribution in [-0.4, -0.2) is 47.7 Å². The van der Waals surface area contributed by atoms with Gasteiger partial charge in [-0.3, -0.25) is 9.59 Å². The molecular formula is C11H19NO4. The molecule has 0 aromatic rings. The normalized spacial score (nSPS) is 20.1. The summed E-state index contributed by atoms with van der Waals surface area (Å²) in [6, 6.07) is 0.0347. The minimum Gasteiger partial charge on any atom is -0.481 e. The van der Waals surface area contributed by atoms with Gasteiger partial charge in [-0.2, -0.15) is 0 Å². The van der Waals surface area contributed by atoms with Gasteiger partial charge in [0.25, 0.3) is 0 Å². The summed E-state index contributed by atoms with van der Waals surface area (Å²) in [5, 5.41) is 8.63. The first-order chi connectivity index (χ1) is 7.52. The van der Waals surface area contributed by atoms with Crippen LogP contribution in [0.15, 0.2) is 0 Å². The van der Waals surface area contributed by atoms with Crippen LogP contribution in [0.2, 0.25) is 0 Å². The Morgan fingerprint density at radius 3 is 2.62 bits per heavy atom. The number of hydrogen-bond donors (Lipinski definition) is 1. The molecule has 5 heteroatoms. The van der Waals surface area contributed by atoms with Crippen LogP contribution in [0.5, 0.6) is 0 Å². The summed E-state index contributed by atoms with van der Waals surface area (Å²) < 4.78 is 5.17. The van der Waals surface area contributed by atoms with Crippen molar-refractivity contribution in [2.24, 2.45) is 5.92 Å². The molecule has 0 saturated carbocycles. The van der Waals surface area contributed by atoms with Gasteiger partial charge in [-0.15, -0.1) is 0 Å². The minimum atomic E-state index is -0.874. The van der Waals surface area contributed by atoms with Gasteiger partial charge < -0.3 is 14.7 Å². The molecular weight excluding hydrogens is 210 g/mol. The maximum Gasteiger partial charge on any atom is 0.305 e. The molecule has 1 fully saturated rings. The molecule has 0 aromatic heterocycles. The Balaban J connectivity index is 2.54. The van der Waals surface area contributed by atoms with Crippen molar-refractivity contribution in [3.63, 3.8) is 0 Å². The Hall–Kier alpha value is -1.10. The monoisotopic (exact) mass is 229 g/mol. The van der Waals surface area contributed by atoms with E-state index in [2.05, 4.69) is 0 Å². The van der Waals surface area contributed by atoms with E-state index in [-0.39, 0.29) is 30.8 Å². The lowest BCUT2D eigenvalue weighted by molar-refractivity contribution is -0.140. The van der Waals surface area contributed by atoms with E-state index in [4.69, 9.17) is 9.84 Å². The topological polar surface area (TPSA) is 66.8 Å². The van der Waals surface area contributed by atoms with E-state index in [1.807, 2.05) is 13.8 Å². The average molecular weight is 229 g/mol. The molecule has 5 nitrogen and oxygen atoms in total. The number of carbonyl (C=O) groups is 2. The van der Waals surface area contributed by atoms with Crippen LogP contribution in [0.3, 0.4) is 0 Å². The van der Waals surface area contributed by atoms with Crippen LogP contribution in [-0.2, 0) is 14.3 Å². The first kappa shape index (κ1) is 13.0. The molecule has 0 spiro atoms. The number of rotatable bonds is 5. The number of carbonyl (C=O) groups excluding carboxylic acids is 1. The minimum absolute atomic E-state index is 0.00248. The lowest BCUT2D eigenvalue weighted by atomic mass is 10.1. The molecule has 1 N–H and O–H groups in total. The van der Waals surface area contributed by atoms with Gasteiger partial charge in [0, 0.05) is 19.2 Å². The molecule has 92 valence electrons. The highest BCUT2D eigenvalue weighted by atomic mass is 16.5. The largest absolute Gasteiger partial charge is 0.481 e. The van der Waals surface area contributed by atoms with Crippen molar-refractivity contribution < 1.29 is 19.4 Å². The molecule has 1 heterocycles. The molecule has 0 aliphatic carbocycles. The van der Waals surface area contributed by atoms with Gasteiger partial charge in [0.05, 0.1) is 18.9 Å². The Labute approximate surface area is 95.4 Å². The third-order valence-electron chi connectivity index (χ3n) is 2.75. The van der Waals surface area contributed by atoms with Gasteiger partial charge in [0.1, 0.15) is 0 Å². The van der Waals surface area contributed by atoms with E-state index in [0.717, 1.165) is 6.42 Å². The second kappa shape index (κ2) is 5.84. The highest BCUT2D eigenvalue weighted by Gasteiger charge is 2.29. The van der Waals surface area contributed by atoms with E-state index in [1.54, 1.807) is 4.90 Å². The number of hydrogen-bond acceptors (Lipinski definition) is 3. The van der Waals surface area contributed by atoms with Crippen LogP contribution >= 0.6 is 0 Å². The number of carboxylic acid groups (broad SMARTS) is 1. The third kappa shape index (κ3) is 3.48. The quantitative estimate of drug-likeness (QED) is 0.755. The van der Waals surface area contributed by atoms with E-state index < -0.39 is 5.97 Å². The molecule has 1 aliphatic heterocycles. The first-order valence-electron chi connectivity index (χ1n) is 5.62. The Morgan fingerprint density at radius 1 is 1.50 bits per heavy atom. The van der Waals surface area contributed by atoms with Crippen molar-refractivity contribution in [1.82, 2.24) is 4.90 Å². The third-order valence-corrected chi connectivity index (χ3v) is 2.75. The van der Waals surface area contributed by atoms with Crippen molar-refractivity contribution in [3.05, 3.63) is 0 Å². The zero-order valence-electron chi connectivity index (χ0n) is 9.81. The first-order valence-corrected chi connectivity index (χ1v) is 5.62. The molecule has 0 aromatic carbocycles. The predicted octanol–water partition coefficient (Wildman–Crippen LogP) is 0.735. The Kier molecular flexibility index (Phi) is 4.73. The molecule has 0 radical (unpaired) electrons. The number of aliphatic carboxylic acids is 1. The van der Waals surface area contributed by atoms with Crippen LogP contribution in [0.25, 0.3) is 0 Å². The van der Waals surface area contributed by atoms with Crippen molar-refractivity contribution >= 4 is 11.9 Å². The summed E-state index contributed by atoms with van der Waals surface area (Å²) in [6.45, 7) is 5.17. The van der Waals surface area contributed by atoms with E-state index in [1.165, 1.54) is 0 Å². The summed E-state index contributed by atoms with van der Waals surface area (Å²) in [5.74, 6) is -0.939. The van der Waals surface area contributed by atoms with Crippen LogP contribution < -0.4 is 0 Å². The fourth-order valence-electron chi connectivity index (χ4n) is 1.80. The Bertz CT molecular complexity index is 259. The highest BCUT2D eigenvalue weighted by molar-refractivity contribution is 5.80. The summed E-state index contributed by atoms with van der Waals surface area (Å²) >= 11 is 0. The van der Waals surface area contributed by atoms with E-state index in [0.29, 0.717) is 13.2 Å². The molecule has 1 amide bonds. The lowest BCUT2D eigenvalue weighted by Crippen LogP contribution is -2.42. The van der Waals surface area contributed by atoms with Crippen LogP contribution in [0.4, 0.5) is 0 Å². The van der Waals surface area contributed by atoms with Crippen LogP contribution in [0.1, 0.15) is 26.7 Å². The van der Waals surface area contributed by atoms with E-state index in [9.17, 15) is 9.59 Å². The van der Waals surface area contributed by atoms with Gasteiger partial charge >= 0.3 is 5.97 Å². The SMILES string of the molecule is CC(C)N(CCC(=O)O)C(=O)C1CCOC1. The maximum atomic E-state index is 12.1. The second-order valence-electron chi connectivity index (χ2n) is 4.33. The summed E-state index contributed by atoms with van der Waals surface area (Å²) in [5.41, 5.74) is 0. The number of nitrogens with zero attached hydrogens (tertiary/aromatic N) is 1. The van der Waals surface area contributed by atoms with Gasteiger partial charge in [0.2, 0.25) is 5.91 Å². The average Bonchev–Trinajstić information content (AvgIpc) is 2.69. The zero-order valence-corrected chi connectivity index (χ0v) is 9.81. The van der Waals surface area contributed by atoms with Crippen molar-refractivity contribution in [3.8, 4) is 0 Å². The van der Waals surface area contributed by atoms with Gasteiger partial charge in [-0.1, -0.05) is 0 Å². The van der Waals surface area contributed by atoms with Crippen molar-refractivity contribution in [2.45, 2.75) is 32.7 Å². The smallest absolute Gasteiger partial charge is 0.305 e. The molecule has 1 atom stereocenters. The standard InChI is InChI=1S/C11H19NO4/c1-8(2)12(5-3-10(13)14)11(15)9-4-6-16-7-9/h8-9H,3-7H2,1-2H3,(H,13,14). The van der Waals surface area contributed by atoms with Crippen LogP contribution in [0, 0.1) is 5.92 Å². The molecule has 1 unspecified atom stereocenters. The molecule has 16 heavy (non-hydrogen) atoms. The summed E-state index contributed by atoms with van der Waals surface area (Å²) in [6.07, 6.45) is 0.743. The predicted molar refractivity (Wildman–Crippen MR) is 58.0 cm³/mol. The van der Waals surface area contributed by atoms with Gasteiger partial charge in [-0.25, -0.2) is 0 Å². The molecule has 1 rings (SSSR count). The van der Waals surface area contributed by atoms with Gasteiger partial charge in [-0.05, 0) is 20.3 Å². The van der Waals surface area contributed by atoms with Gasteiger partial charge in [0.15, 0.2) is 0 Å². The molecule has 1 saturated heterocycles. The number of carboxylic acids is 1. The summed E-state index contributed by atoms with van der Waals surface area (Å²) in [7, 11) is 0. The number of amides is 1. The summed E-state index contributed by atoms with van der Waals surface area (Å²) in [4.78, 5) is 24.2. The molecule has 1 aliphatic rings. The van der Waals surface area contributed by atoms with E-state index >= 15 is 0 Å². The second-order valence-corrected chi connectivity index (χ2v) is 4.33. The highest BCUT2D eigenvalue weighted by Crippen LogP contribution is 2.17. The van der Waals surface area contributed by atoms with Crippen molar-refractivity contribution in [2.75, 3.05) is 19.8 Å².